The number of rotatable bonds is 5. The summed E-state index contributed by atoms with van der Waals surface area (Å²) in [6, 6.07) is 12.0. The van der Waals surface area contributed by atoms with Crippen molar-refractivity contribution in [3.05, 3.63) is 54.4 Å². The zero-order chi connectivity index (χ0) is 25.8. The number of aliphatic carboxylic acids is 1. The van der Waals surface area contributed by atoms with Gasteiger partial charge in [-0.05, 0) is 49.2 Å². The number of carboxylic acid groups (broad SMARTS) is 1. The van der Waals surface area contributed by atoms with Gasteiger partial charge in [-0.1, -0.05) is 0 Å². The van der Waals surface area contributed by atoms with Crippen LogP contribution in [0.1, 0.15) is 18.4 Å². The van der Waals surface area contributed by atoms with E-state index in [1.165, 1.54) is 12.1 Å². The molecule has 0 radical (unpaired) electrons. The normalized spacial score (nSPS) is 16.4. The second kappa shape index (κ2) is 10.3. The summed E-state index contributed by atoms with van der Waals surface area (Å²) in [5.74, 6) is -2.76. The number of aromatic nitrogens is 2. The second-order valence-corrected chi connectivity index (χ2v) is 9.69. The lowest BCUT2D eigenvalue weighted by molar-refractivity contribution is -0.192. The molecule has 0 spiro atoms. The van der Waals surface area contributed by atoms with E-state index in [0.717, 1.165) is 29.6 Å². The number of aromatic amines is 1. The molecule has 2 N–H and O–H groups in total. The van der Waals surface area contributed by atoms with Gasteiger partial charge in [0.2, 0.25) is 10.0 Å². The molecule has 35 heavy (non-hydrogen) atoms. The van der Waals surface area contributed by atoms with Gasteiger partial charge in [-0.3, -0.25) is 0 Å². The van der Waals surface area contributed by atoms with Gasteiger partial charge in [0, 0.05) is 49.6 Å². The van der Waals surface area contributed by atoms with Crippen LogP contribution in [0.4, 0.5) is 18.9 Å². The van der Waals surface area contributed by atoms with Crippen molar-refractivity contribution in [1.29, 1.82) is 5.26 Å². The van der Waals surface area contributed by atoms with Crippen molar-refractivity contribution >= 4 is 32.7 Å². The molecular weight excluding hydrogens is 487 g/mol. The Hall–Kier alpha value is -3.63. The summed E-state index contributed by atoms with van der Waals surface area (Å²) in [6.45, 7) is 1.11. The van der Waals surface area contributed by atoms with E-state index < -0.39 is 22.2 Å². The average molecular weight is 510 g/mol. The number of fused-ring (bicyclic) bond motifs is 1. The molecule has 0 saturated carbocycles. The standard InChI is InChI=1S/C20H21N5O2S.C2HF3O2/c1-24(19-9-11-23-20-18(19)8-10-22-20)14-16-3-2-12-25(16)28(26,27)17-6-4-15(13-21)5-7-17;3-2(4,5)1(6)7/h4-11,16H,2-3,12,14H2,1H3,(H,22,23);(H,6,7)/t16-;/m0./s1. The minimum absolute atomic E-state index is 0.104. The fraction of sp³-hybridized carbons (Fsp3) is 0.318. The molecule has 3 aromatic rings. The summed E-state index contributed by atoms with van der Waals surface area (Å²) in [5, 5.41) is 17.1. The number of carboxylic acids is 1. The van der Waals surface area contributed by atoms with Crippen LogP contribution < -0.4 is 4.90 Å². The maximum absolute atomic E-state index is 13.1. The molecule has 9 nitrogen and oxygen atoms in total. The van der Waals surface area contributed by atoms with E-state index in [1.54, 1.807) is 22.6 Å². The van der Waals surface area contributed by atoms with E-state index in [4.69, 9.17) is 15.2 Å². The van der Waals surface area contributed by atoms with Crippen LogP contribution in [0.2, 0.25) is 0 Å². The number of nitrogens with zero attached hydrogens (tertiary/aromatic N) is 4. The topological polar surface area (TPSA) is 130 Å². The monoisotopic (exact) mass is 509 g/mol. The van der Waals surface area contributed by atoms with Crippen LogP contribution in [0.3, 0.4) is 0 Å². The van der Waals surface area contributed by atoms with Crippen LogP contribution in [-0.2, 0) is 14.8 Å². The highest BCUT2D eigenvalue weighted by Crippen LogP contribution is 2.29. The molecule has 1 fully saturated rings. The Labute approximate surface area is 199 Å². The lowest BCUT2D eigenvalue weighted by atomic mass is 10.2. The van der Waals surface area contributed by atoms with Gasteiger partial charge in [-0.15, -0.1) is 0 Å². The van der Waals surface area contributed by atoms with Gasteiger partial charge in [0.25, 0.3) is 0 Å². The van der Waals surface area contributed by atoms with Crippen molar-refractivity contribution in [2.75, 3.05) is 25.0 Å². The highest BCUT2D eigenvalue weighted by Gasteiger charge is 2.38. The number of hydrogen-bond acceptors (Lipinski definition) is 6. The number of benzene rings is 1. The van der Waals surface area contributed by atoms with Crippen molar-refractivity contribution < 1.29 is 31.5 Å². The molecule has 0 bridgehead atoms. The van der Waals surface area contributed by atoms with Crippen molar-refractivity contribution in [3.63, 3.8) is 0 Å². The van der Waals surface area contributed by atoms with Gasteiger partial charge in [-0.25, -0.2) is 18.2 Å². The van der Waals surface area contributed by atoms with Crippen molar-refractivity contribution in [2.45, 2.75) is 30.0 Å². The quantitative estimate of drug-likeness (QED) is 0.539. The first kappa shape index (κ1) is 26.0. The Bertz CT molecular complexity index is 1330. The van der Waals surface area contributed by atoms with Crippen LogP contribution in [0.15, 0.2) is 53.7 Å². The Morgan fingerprint density at radius 3 is 2.54 bits per heavy atom. The van der Waals surface area contributed by atoms with Gasteiger partial charge in [0.15, 0.2) is 0 Å². The summed E-state index contributed by atoms with van der Waals surface area (Å²) in [4.78, 5) is 18.6. The Kier molecular flexibility index (Phi) is 7.67. The fourth-order valence-corrected chi connectivity index (χ4v) is 5.52. The number of pyridine rings is 1. The van der Waals surface area contributed by atoms with Gasteiger partial charge in [-0.2, -0.15) is 22.7 Å². The third-order valence-electron chi connectivity index (χ3n) is 5.49. The number of H-pyrrole nitrogens is 1. The van der Waals surface area contributed by atoms with E-state index in [-0.39, 0.29) is 10.9 Å². The molecule has 3 heterocycles. The van der Waals surface area contributed by atoms with E-state index in [2.05, 4.69) is 14.9 Å². The number of sulfonamides is 1. The maximum atomic E-state index is 13.1. The molecule has 2 aromatic heterocycles. The summed E-state index contributed by atoms with van der Waals surface area (Å²) >= 11 is 0. The Morgan fingerprint density at radius 1 is 1.29 bits per heavy atom. The molecule has 0 aliphatic carbocycles. The number of hydrogen-bond donors (Lipinski definition) is 2. The summed E-state index contributed by atoms with van der Waals surface area (Å²) in [5.41, 5.74) is 2.29. The lowest BCUT2D eigenvalue weighted by Gasteiger charge is -2.29. The highest BCUT2D eigenvalue weighted by atomic mass is 32.2. The molecular formula is C22H22F3N5O4S. The Morgan fingerprint density at radius 2 is 1.94 bits per heavy atom. The zero-order valence-electron chi connectivity index (χ0n) is 18.5. The molecule has 0 unspecified atom stereocenters. The van der Waals surface area contributed by atoms with Crippen LogP contribution in [0.25, 0.3) is 11.0 Å². The maximum Gasteiger partial charge on any atom is 0.490 e. The van der Waals surface area contributed by atoms with Crippen molar-refractivity contribution in [2.24, 2.45) is 0 Å². The third-order valence-corrected chi connectivity index (χ3v) is 7.45. The largest absolute Gasteiger partial charge is 0.490 e. The van der Waals surface area contributed by atoms with E-state index in [9.17, 15) is 21.6 Å². The molecule has 1 aliphatic heterocycles. The molecule has 4 rings (SSSR count). The van der Waals surface area contributed by atoms with Crippen molar-refractivity contribution in [3.8, 4) is 6.07 Å². The number of alkyl halides is 3. The number of nitriles is 1. The summed E-state index contributed by atoms with van der Waals surface area (Å²) in [6.07, 6.45) is 0.182. The molecule has 1 atom stereocenters. The first-order valence-corrected chi connectivity index (χ1v) is 11.8. The average Bonchev–Trinajstić information content (AvgIpc) is 3.48. The van der Waals surface area contributed by atoms with Crippen LogP contribution in [0.5, 0.6) is 0 Å². The minimum atomic E-state index is -5.08. The van der Waals surface area contributed by atoms with E-state index >= 15 is 0 Å². The molecule has 1 saturated heterocycles. The first-order valence-electron chi connectivity index (χ1n) is 10.4. The van der Waals surface area contributed by atoms with E-state index in [1.807, 2.05) is 31.4 Å². The van der Waals surface area contributed by atoms with Gasteiger partial charge < -0.3 is 15.0 Å². The lowest BCUT2D eigenvalue weighted by Crippen LogP contribution is -2.42. The minimum Gasteiger partial charge on any atom is -0.475 e. The highest BCUT2D eigenvalue weighted by molar-refractivity contribution is 7.89. The summed E-state index contributed by atoms with van der Waals surface area (Å²) in [7, 11) is -1.61. The number of nitrogens with one attached hydrogen (secondary N) is 1. The fourth-order valence-electron chi connectivity index (χ4n) is 3.84. The first-order chi connectivity index (χ1) is 16.4. The number of anilines is 1. The molecule has 13 heteroatoms. The van der Waals surface area contributed by atoms with E-state index in [0.29, 0.717) is 18.7 Å². The smallest absolute Gasteiger partial charge is 0.475 e. The van der Waals surface area contributed by atoms with Crippen LogP contribution in [0, 0.1) is 11.3 Å². The third kappa shape index (κ3) is 5.90. The van der Waals surface area contributed by atoms with Gasteiger partial charge in [0.05, 0.1) is 16.5 Å². The van der Waals surface area contributed by atoms with Gasteiger partial charge >= 0.3 is 12.1 Å². The predicted molar refractivity (Wildman–Crippen MR) is 121 cm³/mol. The van der Waals surface area contributed by atoms with Crippen LogP contribution in [-0.4, -0.2) is 66.1 Å². The van der Waals surface area contributed by atoms with Gasteiger partial charge in [0.1, 0.15) is 5.65 Å². The van der Waals surface area contributed by atoms with Crippen LogP contribution >= 0.6 is 0 Å². The number of likely N-dealkylation sites (N-methyl/N-ethyl adjacent to an activating group) is 1. The number of halogens is 3. The second-order valence-electron chi connectivity index (χ2n) is 7.80. The molecule has 1 aliphatic rings. The zero-order valence-corrected chi connectivity index (χ0v) is 19.3. The summed E-state index contributed by atoms with van der Waals surface area (Å²) < 4.78 is 59.6. The predicted octanol–water partition coefficient (Wildman–Crippen LogP) is 3.36. The molecule has 1 aromatic carbocycles. The van der Waals surface area contributed by atoms with Crippen molar-refractivity contribution in [1.82, 2.24) is 14.3 Å². The SMILES string of the molecule is CN(C[C@@H]1CCCN1S(=O)(=O)c1ccc(C#N)cc1)c1ccnc2[nH]ccc12.O=C(O)C(F)(F)F. The number of carbonyl (C=O) groups is 1. The Balaban J connectivity index is 0.000000429. The molecule has 186 valence electrons. The molecule has 0 amide bonds.